The number of H-pyrrole nitrogens is 1. The maximum absolute atomic E-state index is 12.2. The molecule has 0 aliphatic heterocycles. The molecule has 0 unspecified atom stereocenters. The minimum Gasteiger partial charge on any atom is -0.489 e. The van der Waals surface area contributed by atoms with E-state index in [1.54, 1.807) is 31.3 Å². The lowest BCUT2D eigenvalue weighted by Gasteiger charge is -2.15. The molecule has 1 atom stereocenters. The van der Waals surface area contributed by atoms with Crippen LogP contribution in [0.25, 0.3) is 11.2 Å². The van der Waals surface area contributed by atoms with E-state index < -0.39 is 17.4 Å². The average Bonchev–Trinajstić information content (AvgIpc) is 2.98. The molecule has 9 nitrogen and oxygen atoms in total. The lowest BCUT2D eigenvalue weighted by Crippen LogP contribution is -2.30. The van der Waals surface area contributed by atoms with Crippen LogP contribution in [0, 0.1) is 0 Å². The second kappa shape index (κ2) is 7.22. The van der Waals surface area contributed by atoms with Crippen LogP contribution in [0.2, 0.25) is 5.02 Å². The number of hydrogen-bond acceptors (Lipinski definition) is 6. The second-order valence-electron chi connectivity index (χ2n) is 5.68. The van der Waals surface area contributed by atoms with Crippen LogP contribution >= 0.6 is 11.6 Å². The van der Waals surface area contributed by atoms with Gasteiger partial charge in [0.1, 0.15) is 18.5 Å². The fraction of sp³-hybridized carbons (Fsp3) is 0.312. The van der Waals surface area contributed by atoms with Crippen molar-refractivity contribution in [3.05, 3.63) is 50.1 Å². The quantitative estimate of drug-likeness (QED) is 0.576. The number of ether oxygens (including phenoxy) is 1. The lowest BCUT2D eigenvalue weighted by atomic mass is 10.3. The van der Waals surface area contributed by atoms with Crippen molar-refractivity contribution < 1.29 is 9.84 Å². The normalized spacial score (nSPS) is 12.3. The van der Waals surface area contributed by atoms with E-state index in [1.807, 2.05) is 0 Å². The molecule has 0 fully saturated rings. The molecule has 26 heavy (non-hydrogen) atoms. The summed E-state index contributed by atoms with van der Waals surface area (Å²) in [6.45, 7) is 0.00857. The van der Waals surface area contributed by atoms with E-state index in [1.165, 1.54) is 16.2 Å². The first-order valence-corrected chi connectivity index (χ1v) is 8.23. The maximum atomic E-state index is 12.2. The van der Waals surface area contributed by atoms with E-state index in [0.29, 0.717) is 16.7 Å². The van der Waals surface area contributed by atoms with Gasteiger partial charge in [-0.3, -0.25) is 14.3 Å². The number of hydrogen-bond donors (Lipinski definition) is 3. The number of halogens is 1. The summed E-state index contributed by atoms with van der Waals surface area (Å²) in [5, 5.41) is 13.6. The summed E-state index contributed by atoms with van der Waals surface area (Å²) in [5.74, 6) is 0.807. The fourth-order valence-electron chi connectivity index (χ4n) is 2.61. The highest BCUT2D eigenvalue weighted by molar-refractivity contribution is 6.32. The van der Waals surface area contributed by atoms with Gasteiger partial charge in [-0.25, -0.2) is 4.79 Å². The predicted octanol–water partition coefficient (Wildman–Crippen LogP) is 0.558. The molecule has 0 bridgehead atoms. The predicted molar refractivity (Wildman–Crippen MR) is 98.1 cm³/mol. The van der Waals surface area contributed by atoms with Crippen molar-refractivity contribution in [2.24, 2.45) is 7.05 Å². The third-order valence-corrected chi connectivity index (χ3v) is 4.20. The van der Waals surface area contributed by atoms with E-state index in [9.17, 15) is 14.7 Å². The van der Waals surface area contributed by atoms with E-state index >= 15 is 0 Å². The molecule has 0 aliphatic carbocycles. The first-order chi connectivity index (χ1) is 12.4. The Bertz CT molecular complexity index is 1050. The number of anilines is 1. The zero-order valence-electron chi connectivity index (χ0n) is 14.2. The van der Waals surface area contributed by atoms with Crippen LogP contribution in [-0.4, -0.2) is 44.0 Å². The van der Waals surface area contributed by atoms with Crippen LogP contribution in [0.5, 0.6) is 5.75 Å². The molecule has 3 rings (SSSR count). The van der Waals surface area contributed by atoms with Crippen molar-refractivity contribution in [1.29, 1.82) is 0 Å². The maximum Gasteiger partial charge on any atom is 0.329 e. The summed E-state index contributed by atoms with van der Waals surface area (Å²) in [4.78, 5) is 30.4. The van der Waals surface area contributed by atoms with Gasteiger partial charge in [0, 0.05) is 14.1 Å². The minimum absolute atomic E-state index is 0.0315. The lowest BCUT2D eigenvalue weighted by molar-refractivity contribution is 0.0939. The summed E-state index contributed by atoms with van der Waals surface area (Å²) in [6, 6.07) is 6.93. The molecule has 10 heteroatoms. The molecule has 0 saturated carbocycles. The van der Waals surface area contributed by atoms with Gasteiger partial charge in [-0.1, -0.05) is 23.7 Å². The summed E-state index contributed by atoms with van der Waals surface area (Å²) < 4.78 is 8.27. The first-order valence-electron chi connectivity index (χ1n) is 7.85. The highest BCUT2D eigenvalue weighted by Crippen LogP contribution is 2.23. The van der Waals surface area contributed by atoms with Crippen molar-refractivity contribution in [3.63, 3.8) is 0 Å². The fourth-order valence-corrected chi connectivity index (χ4v) is 2.80. The monoisotopic (exact) mass is 379 g/mol. The number of nitrogens with zero attached hydrogens (tertiary/aromatic N) is 3. The molecule has 0 saturated heterocycles. The number of aliphatic hydroxyl groups excluding tert-OH is 1. The highest BCUT2D eigenvalue weighted by atomic mass is 35.5. The van der Waals surface area contributed by atoms with Crippen LogP contribution in [0.4, 0.5) is 5.95 Å². The number of aliphatic hydroxyl groups is 1. The molecule has 0 radical (unpaired) electrons. The third-order valence-electron chi connectivity index (χ3n) is 3.89. The van der Waals surface area contributed by atoms with Crippen molar-refractivity contribution in [2.45, 2.75) is 12.6 Å². The Hall–Kier alpha value is -2.78. The van der Waals surface area contributed by atoms with E-state index in [4.69, 9.17) is 16.3 Å². The smallest absolute Gasteiger partial charge is 0.329 e. The molecule has 2 heterocycles. The number of aromatic nitrogens is 4. The molecule has 3 aromatic rings. The Labute approximate surface area is 152 Å². The largest absolute Gasteiger partial charge is 0.489 e. The topological polar surface area (TPSA) is 114 Å². The third kappa shape index (κ3) is 3.31. The Morgan fingerprint density at radius 2 is 2.12 bits per heavy atom. The zero-order valence-corrected chi connectivity index (χ0v) is 14.9. The Balaban J connectivity index is 1.88. The number of aromatic amines is 1. The molecule has 0 aliphatic rings. The number of fused-ring (bicyclic) bond motifs is 1. The van der Waals surface area contributed by atoms with Gasteiger partial charge < -0.3 is 19.7 Å². The zero-order chi connectivity index (χ0) is 18.8. The van der Waals surface area contributed by atoms with Gasteiger partial charge >= 0.3 is 5.69 Å². The van der Waals surface area contributed by atoms with Gasteiger partial charge in [0.15, 0.2) is 11.2 Å². The molecule has 3 N–H and O–H groups in total. The number of para-hydroxylation sites is 1. The number of rotatable bonds is 6. The number of benzene rings is 1. The standard InChI is InChI=1S/C16H18ClN5O4/c1-18-15-19-13-12(14(24)20-16(25)21(13)2)22(15)7-9(23)8-26-11-6-4-3-5-10(11)17/h3-6,9,23H,7-8H2,1-2H3,(H,18,19)(H,20,24,25)/t9-/m0/s1. The van der Waals surface area contributed by atoms with Gasteiger partial charge in [-0.15, -0.1) is 0 Å². The van der Waals surface area contributed by atoms with Gasteiger partial charge in [0.2, 0.25) is 5.95 Å². The summed E-state index contributed by atoms with van der Waals surface area (Å²) >= 11 is 6.02. The summed E-state index contributed by atoms with van der Waals surface area (Å²) in [6.07, 6.45) is -0.938. The Kier molecular flexibility index (Phi) is 5.01. The second-order valence-corrected chi connectivity index (χ2v) is 6.09. The van der Waals surface area contributed by atoms with Crippen LogP contribution in [0.1, 0.15) is 0 Å². The van der Waals surface area contributed by atoms with Crippen LogP contribution in [0.3, 0.4) is 0 Å². The minimum atomic E-state index is -0.938. The van der Waals surface area contributed by atoms with E-state index in [2.05, 4.69) is 15.3 Å². The molecular weight excluding hydrogens is 362 g/mol. The van der Waals surface area contributed by atoms with Crippen LogP contribution in [-0.2, 0) is 13.6 Å². The van der Waals surface area contributed by atoms with Gasteiger partial charge in [-0.2, -0.15) is 4.98 Å². The molecule has 0 amide bonds. The summed E-state index contributed by atoms with van der Waals surface area (Å²) in [5.41, 5.74) is -0.718. The van der Waals surface area contributed by atoms with Gasteiger partial charge in [-0.05, 0) is 12.1 Å². The molecule has 0 spiro atoms. The van der Waals surface area contributed by atoms with Crippen LogP contribution < -0.4 is 21.3 Å². The van der Waals surface area contributed by atoms with E-state index in [-0.39, 0.29) is 24.3 Å². The van der Waals surface area contributed by atoms with Crippen molar-refractivity contribution in [1.82, 2.24) is 19.1 Å². The van der Waals surface area contributed by atoms with Gasteiger partial charge in [0.05, 0.1) is 11.6 Å². The molecule has 2 aromatic heterocycles. The Morgan fingerprint density at radius 1 is 1.38 bits per heavy atom. The average molecular weight is 380 g/mol. The molecular formula is C16H18ClN5O4. The molecule has 1 aromatic carbocycles. The molecule has 138 valence electrons. The Morgan fingerprint density at radius 3 is 2.81 bits per heavy atom. The van der Waals surface area contributed by atoms with Crippen molar-refractivity contribution in [3.8, 4) is 5.75 Å². The summed E-state index contributed by atoms with van der Waals surface area (Å²) in [7, 11) is 3.14. The van der Waals surface area contributed by atoms with E-state index in [0.717, 1.165) is 0 Å². The van der Waals surface area contributed by atoms with Crippen molar-refractivity contribution >= 4 is 28.7 Å². The van der Waals surface area contributed by atoms with Crippen molar-refractivity contribution in [2.75, 3.05) is 19.0 Å². The first kappa shape index (κ1) is 18.0. The SMILES string of the molecule is CNc1nc2c(c(=O)[nH]c(=O)n2C)n1C[C@H](O)COc1ccccc1Cl. The van der Waals surface area contributed by atoms with Crippen LogP contribution in [0.15, 0.2) is 33.9 Å². The number of imidazole rings is 1. The highest BCUT2D eigenvalue weighted by Gasteiger charge is 2.19. The number of aryl methyl sites for hydroxylation is 1. The number of nitrogens with one attached hydrogen (secondary N) is 2. The van der Waals surface area contributed by atoms with Gasteiger partial charge in [0.25, 0.3) is 5.56 Å².